The van der Waals surface area contributed by atoms with Gasteiger partial charge in [-0.25, -0.2) is 8.42 Å². The molecule has 2 N–H and O–H groups in total. The minimum absolute atomic E-state index is 0.0390. The van der Waals surface area contributed by atoms with Gasteiger partial charge in [0.25, 0.3) is 0 Å². The molecule has 0 aliphatic heterocycles. The van der Waals surface area contributed by atoms with Gasteiger partial charge < -0.3 is 4.74 Å². The van der Waals surface area contributed by atoms with Crippen LogP contribution in [0.4, 0.5) is 0 Å². The van der Waals surface area contributed by atoms with Crippen molar-refractivity contribution in [1.82, 2.24) is 4.41 Å². The molecule has 0 bridgehead atoms. The fourth-order valence-corrected chi connectivity index (χ4v) is 2.10. The minimum atomic E-state index is -3.49. The summed E-state index contributed by atoms with van der Waals surface area (Å²) in [5.74, 6) is 4.89. The Morgan fingerprint density at radius 1 is 1.53 bits per heavy atom. The zero-order valence-electron chi connectivity index (χ0n) is 9.26. The third-order valence-corrected chi connectivity index (χ3v) is 4.36. The lowest BCUT2D eigenvalue weighted by molar-refractivity contribution is -0.140. The largest absolute Gasteiger partial charge is 0.469 e. The highest BCUT2D eigenvalue weighted by Gasteiger charge is 2.25. The second-order valence-corrected chi connectivity index (χ2v) is 5.50. The zero-order valence-corrected chi connectivity index (χ0v) is 10.1. The number of carbonyl (C=O) groups is 1. The molecule has 0 aliphatic rings. The minimum Gasteiger partial charge on any atom is -0.469 e. The Morgan fingerprint density at radius 3 is 2.47 bits per heavy atom. The van der Waals surface area contributed by atoms with Crippen LogP contribution in [0.15, 0.2) is 0 Å². The van der Waals surface area contributed by atoms with Crippen LogP contribution in [0.25, 0.3) is 0 Å². The number of methoxy groups -OCH3 is 1. The molecule has 0 heterocycles. The van der Waals surface area contributed by atoms with Gasteiger partial charge >= 0.3 is 5.97 Å². The standard InChI is InChI=1S/C8H18N2O4S/c1-4-7(2)15(12,13)10(9)6-5-8(11)14-3/h7H,4-6,9H2,1-3H3. The molecule has 1 unspecified atom stereocenters. The molecule has 0 rings (SSSR count). The number of esters is 1. The number of nitrogens with two attached hydrogens (primary N) is 1. The highest BCUT2D eigenvalue weighted by Crippen LogP contribution is 2.08. The molecule has 0 aromatic heterocycles. The van der Waals surface area contributed by atoms with E-state index >= 15 is 0 Å². The van der Waals surface area contributed by atoms with E-state index in [1.54, 1.807) is 13.8 Å². The fraction of sp³-hybridized carbons (Fsp3) is 0.875. The molecule has 0 aromatic rings. The smallest absolute Gasteiger partial charge is 0.306 e. The first-order valence-corrected chi connectivity index (χ1v) is 6.19. The molecule has 0 aromatic carbocycles. The summed E-state index contributed by atoms with van der Waals surface area (Å²) in [6.45, 7) is 3.28. The molecule has 0 saturated heterocycles. The van der Waals surface area contributed by atoms with Crippen LogP contribution in [0, 0.1) is 0 Å². The maximum Gasteiger partial charge on any atom is 0.306 e. The monoisotopic (exact) mass is 238 g/mol. The van der Waals surface area contributed by atoms with E-state index in [1.807, 2.05) is 0 Å². The summed E-state index contributed by atoms with van der Waals surface area (Å²) >= 11 is 0. The summed E-state index contributed by atoms with van der Waals surface area (Å²) in [7, 11) is -2.25. The van der Waals surface area contributed by atoms with Crippen molar-refractivity contribution in [3.63, 3.8) is 0 Å². The van der Waals surface area contributed by atoms with Gasteiger partial charge in [-0.05, 0) is 13.3 Å². The lowest BCUT2D eigenvalue weighted by Crippen LogP contribution is -2.43. The van der Waals surface area contributed by atoms with E-state index in [4.69, 9.17) is 5.84 Å². The average Bonchev–Trinajstić information content (AvgIpc) is 2.23. The van der Waals surface area contributed by atoms with Crippen molar-refractivity contribution in [3.8, 4) is 0 Å². The van der Waals surface area contributed by atoms with Crippen molar-refractivity contribution in [2.24, 2.45) is 5.84 Å². The lowest BCUT2D eigenvalue weighted by Gasteiger charge is -2.19. The summed E-state index contributed by atoms with van der Waals surface area (Å²) in [6.07, 6.45) is 0.441. The Labute approximate surface area is 90.4 Å². The first-order chi connectivity index (χ1) is 6.86. The Morgan fingerprint density at radius 2 is 2.07 bits per heavy atom. The zero-order chi connectivity index (χ0) is 12.1. The van der Waals surface area contributed by atoms with Crippen molar-refractivity contribution in [3.05, 3.63) is 0 Å². The van der Waals surface area contributed by atoms with Gasteiger partial charge in [-0.3, -0.25) is 10.6 Å². The molecule has 15 heavy (non-hydrogen) atoms. The van der Waals surface area contributed by atoms with Crippen LogP contribution in [0.5, 0.6) is 0 Å². The van der Waals surface area contributed by atoms with E-state index in [9.17, 15) is 13.2 Å². The Kier molecular flexibility index (Phi) is 5.77. The van der Waals surface area contributed by atoms with Crippen molar-refractivity contribution in [2.75, 3.05) is 13.7 Å². The molecule has 0 fully saturated rings. The van der Waals surface area contributed by atoms with Gasteiger partial charge in [0.15, 0.2) is 0 Å². The molecular weight excluding hydrogens is 220 g/mol. The van der Waals surface area contributed by atoms with Gasteiger partial charge in [0, 0.05) is 6.54 Å². The first-order valence-electron chi connectivity index (χ1n) is 4.69. The second-order valence-electron chi connectivity index (χ2n) is 3.20. The number of sulfonamides is 1. The quantitative estimate of drug-likeness (QED) is 0.395. The maximum absolute atomic E-state index is 11.6. The summed E-state index contributed by atoms with van der Waals surface area (Å²) in [4.78, 5) is 10.8. The van der Waals surface area contributed by atoms with Crippen molar-refractivity contribution in [2.45, 2.75) is 31.9 Å². The predicted octanol–water partition coefficient (Wildman–Crippen LogP) is -0.146. The molecule has 90 valence electrons. The van der Waals surface area contributed by atoms with E-state index in [-0.39, 0.29) is 13.0 Å². The summed E-state index contributed by atoms with van der Waals surface area (Å²) in [6, 6.07) is 0. The Balaban J connectivity index is 4.32. The van der Waals surface area contributed by atoms with Crippen LogP contribution in [0.1, 0.15) is 26.7 Å². The molecular formula is C8H18N2O4S. The van der Waals surface area contributed by atoms with E-state index in [2.05, 4.69) is 4.74 Å². The third-order valence-electron chi connectivity index (χ3n) is 2.17. The molecule has 0 saturated carbocycles. The van der Waals surface area contributed by atoms with Gasteiger partial charge in [-0.2, -0.15) is 0 Å². The molecule has 6 nitrogen and oxygen atoms in total. The Bertz CT molecular complexity index is 302. The Hall–Kier alpha value is -0.660. The summed E-state index contributed by atoms with van der Waals surface area (Å²) in [5.41, 5.74) is 0. The van der Waals surface area contributed by atoms with E-state index in [0.717, 1.165) is 0 Å². The fourth-order valence-electron chi connectivity index (χ4n) is 0.873. The molecule has 0 spiro atoms. The second kappa shape index (κ2) is 6.04. The average molecular weight is 238 g/mol. The van der Waals surface area contributed by atoms with Crippen molar-refractivity contribution in [1.29, 1.82) is 0 Å². The number of rotatable bonds is 6. The number of carbonyl (C=O) groups excluding carboxylic acids is 1. The van der Waals surface area contributed by atoms with Gasteiger partial charge in [0.1, 0.15) is 0 Å². The van der Waals surface area contributed by atoms with Gasteiger partial charge in [0.05, 0.1) is 18.8 Å². The van der Waals surface area contributed by atoms with E-state index in [0.29, 0.717) is 10.8 Å². The predicted molar refractivity (Wildman–Crippen MR) is 56.2 cm³/mol. The van der Waals surface area contributed by atoms with Crippen LogP contribution in [-0.4, -0.2) is 37.7 Å². The molecule has 0 aliphatic carbocycles. The third kappa shape index (κ3) is 4.15. The van der Waals surface area contributed by atoms with Crippen LogP contribution < -0.4 is 5.84 Å². The van der Waals surface area contributed by atoms with Crippen LogP contribution >= 0.6 is 0 Å². The van der Waals surface area contributed by atoms with Crippen LogP contribution in [0.3, 0.4) is 0 Å². The van der Waals surface area contributed by atoms with Crippen molar-refractivity contribution >= 4 is 16.0 Å². The SMILES string of the molecule is CCC(C)S(=O)(=O)N(N)CCC(=O)OC. The van der Waals surface area contributed by atoms with Gasteiger partial charge in [0.2, 0.25) is 10.0 Å². The van der Waals surface area contributed by atoms with Crippen LogP contribution in [0.2, 0.25) is 0 Å². The first kappa shape index (κ1) is 14.3. The molecule has 1 atom stereocenters. The molecule has 0 radical (unpaired) electrons. The van der Waals surface area contributed by atoms with Gasteiger partial charge in [-0.1, -0.05) is 6.92 Å². The topological polar surface area (TPSA) is 89.7 Å². The highest BCUT2D eigenvalue weighted by atomic mass is 32.2. The number of hydrogen-bond donors (Lipinski definition) is 1. The summed E-state index contributed by atoms with van der Waals surface area (Å²) < 4.78 is 28.3. The number of nitrogens with zero attached hydrogens (tertiary/aromatic N) is 1. The number of hydrogen-bond acceptors (Lipinski definition) is 5. The van der Waals surface area contributed by atoms with E-state index < -0.39 is 21.2 Å². The van der Waals surface area contributed by atoms with Crippen LogP contribution in [-0.2, 0) is 19.6 Å². The maximum atomic E-state index is 11.6. The molecule has 0 amide bonds. The van der Waals surface area contributed by atoms with E-state index in [1.165, 1.54) is 7.11 Å². The summed E-state index contributed by atoms with van der Waals surface area (Å²) in [5, 5.41) is -0.542. The highest BCUT2D eigenvalue weighted by molar-refractivity contribution is 7.89. The number of ether oxygens (including phenoxy) is 1. The van der Waals surface area contributed by atoms with Gasteiger partial charge in [-0.15, -0.1) is 4.41 Å². The van der Waals surface area contributed by atoms with Crippen molar-refractivity contribution < 1.29 is 17.9 Å². The normalized spacial score (nSPS) is 13.9. The lowest BCUT2D eigenvalue weighted by atomic mass is 10.4. The molecule has 7 heteroatoms. The number of hydrazine groups is 1.